The Kier molecular flexibility index (Phi) is 5.03. The number of anilines is 2. The summed E-state index contributed by atoms with van der Waals surface area (Å²) in [6, 6.07) is 16.5. The van der Waals surface area contributed by atoms with Crippen molar-refractivity contribution in [2.45, 2.75) is 25.8 Å². The summed E-state index contributed by atoms with van der Waals surface area (Å²) < 4.78 is 0. The lowest BCUT2D eigenvalue weighted by atomic mass is 10.1. The number of nitrogens with two attached hydrogens (primary N) is 1. The SMILES string of the molecule is CCN(C(=O)Cc1ccc(N)cc1)C1CCN(c2ccccc2)C1=O. The van der Waals surface area contributed by atoms with Gasteiger partial charge in [-0.05, 0) is 43.2 Å². The van der Waals surface area contributed by atoms with Gasteiger partial charge in [0.1, 0.15) is 6.04 Å². The van der Waals surface area contributed by atoms with Gasteiger partial charge in [0.2, 0.25) is 11.8 Å². The number of nitrogens with zero attached hydrogens (tertiary/aromatic N) is 2. The van der Waals surface area contributed by atoms with Crippen molar-refractivity contribution in [1.82, 2.24) is 4.90 Å². The fraction of sp³-hybridized carbons (Fsp3) is 0.300. The molecular formula is C20H23N3O2. The van der Waals surface area contributed by atoms with E-state index in [0.29, 0.717) is 25.2 Å². The highest BCUT2D eigenvalue weighted by atomic mass is 16.2. The lowest BCUT2D eigenvalue weighted by Crippen LogP contribution is -2.45. The molecule has 25 heavy (non-hydrogen) atoms. The molecule has 1 atom stereocenters. The van der Waals surface area contributed by atoms with Gasteiger partial charge in [-0.1, -0.05) is 30.3 Å². The number of hydrogen-bond donors (Lipinski definition) is 1. The summed E-state index contributed by atoms with van der Waals surface area (Å²) in [5, 5.41) is 0. The molecule has 3 rings (SSSR count). The molecule has 0 bridgehead atoms. The van der Waals surface area contributed by atoms with Crippen molar-refractivity contribution in [2.75, 3.05) is 23.7 Å². The molecule has 0 saturated carbocycles. The monoisotopic (exact) mass is 337 g/mol. The summed E-state index contributed by atoms with van der Waals surface area (Å²) in [5.74, 6) is -0.0285. The molecule has 0 aromatic heterocycles. The smallest absolute Gasteiger partial charge is 0.249 e. The van der Waals surface area contributed by atoms with Crippen molar-refractivity contribution >= 4 is 23.2 Å². The summed E-state index contributed by atoms with van der Waals surface area (Å²) in [6.07, 6.45) is 0.943. The average Bonchev–Trinajstić information content (AvgIpc) is 3.00. The third kappa shape index (κ3) is 3.65. The molecule has 2 amide bonds. The van der Waals surface area contributed by atoms with Crippen LogP contribution in [-0.2, 0) is 16.0 Å². The largest absolute Gasteiger partial charge is 0.399 e. The van der Waals surface area contributed by atoms with Crippen molar-refractivity contribution in [1.29, 1.82) is 0 Å². The Bertz CT molecular complexity index is 743. The van der Waals surface area contributed by atoms with E-state index in [-0.39, 0.29) is 24.3 Å². The summed E-state index contributed by atoms with van der Waals surface area (Å²) in [5.41, 5.74) is 8.15. The molecule has 1 saturated heterocycles. The van der Waals surface area contributed by atoms with E-state index in [9.17, 15) is 9.59 Å². The predicted octanol–water partition coefficient (Wildman–Crippen LogP) is 2.47. The first kappa shape index (κ1) is 17.0. The van der Waals surface area contributed by atoms with Gasteiger partial charge in [-0.25, -0.2) is 0 Å². The number of benzene rings is 2. The lowest BCUT2D eigenvalue weighted by molar-refractivity contribution is -0.137. The van der Waals surface area contributed by atoms with Crippen molar-refractivity contribution in [3.8, 4) is 0 Å². The number of para-hydroxylation sites is 1. The van der Waals surface area contributed by atoms with Crippen LogP contribution in [0.15, 0.2) is 54.6 Å². The number of rotatable bonds is 5. The van der Waals surface area contributed by atoms with Gasteiger partial charge in [-0.2, -0.15) is 0 Å². The molecular weight excluding hydrogens is 314 g/mol. The third-order valence-electron chi connectivity index (χ3n) is 4.62. The zero-order chi connectivity index (χ0) is 17.8. The maximum absolute atomic E-state index is 12.8. The molecule has 1 fully saturated rings. The predicted molar refractivity (Wildman–Crippen MR) is 99.1 cm³/mol. The van der Waals surface area contributed by atoms with E-state index < -0.39 is 0 Å². The Morgan fingerprint density at radius 1 is 1.16 bits per heavy atom. The van der Waals surface area contributed by atoms with Crippen molar-refractivity contribution in [3.63, 3.8) is 0 Å². The van der Waals surface area contributed by atoms with Gasteiger partial charge in [0.25, 0.3) is 0 Å². The van der Waals surface area contributed by atoms with Gasteiger partial charge >= 0.3 is 0 Å². The first-order valence-corrected chi connectivity index (χ1v) is 8.60. The van der Waals surface area contributed by atoms with E-state index in [1.165, 1.54) is 0 Å². The quantitative estimate of drug-likeness (QED) is 0.852. The molecule has 2 N–H and O–H groups in total. The molecule has 5 heteroatoms. The standard InChI is InChI=1S/C20H23N3O2/c1-2-22(19(24)14-15-8-10-16(21)11-9-15)18-12-13-23(20(18)25)17-6-4-3-5-7-17/h3-11,18H,2,12-14,21H2,1H3. The van der Waals surface area contributed by atoms with Gasteiger partial charge in [-0.15, -0.1) is 0 Å². The normalized spacial score (nSPS) is 16.9. The second-order valence-corrected chi connectivity index (χ2v) is 6.23. The molecule has 1 unspecified atom stereocenters. The van der Waals surface area contributed by atoms with Crippen molar-refractivity contribution in [3.05, 3.63) is 60.2 Å². The number of likely N-dealkylation sites (N-methyl/N-ethyl adjacent to an activating group) is 1. The highest BCUT2D eigenvalue weighted by molar-refractivity contribution is 6.01. The minimum absolute atomic E-state index is 0.00120. The fourth-order valence-electron chi connectivity index (χ4n) is 3.30. The molecule has 130 valence electrons. The number of nitrogen functional groups attached to an aromatic ring is 1. The Balaban J connectivity index is 1.71. The molecule has 1 aliphatic rings. The van der Waals surface area contributed by atoms with Gasteiger partial charge in [-0.3, -0.25) is 9.59 Å². The minimum Gasteiger partial charge on any atom is -0.399 e. The number of amides is 2. The van der Waals surface area contributed by atoms with E-state index in [2.05, 4.69) is 0 Å². The summed E-state index contributed by atoms with van der Waals surface area (Å²) in [4.78, 5) is 29.0. The maximum Gasteiger partial charge on any atom is 0.249 e. The molecule has 2 aromatic rings. The molecule has 1 aliphatic heterocycles. The zero-order valence-electron chi connectivity index (χ0n) is 14.4. The second kappa shape index (κ2) is 7.38. The number of hydrogen-bond acceptors (Lipinski definition) is 3. The Morgan fingerprint density at radius 2 is 1.84 bits per heavy atom. The van der Waals surface area contributed by atoms with Crippen LogP contribution in [0, 0.1) is 0 Å². The molecule has 1 heterocycles. The van der Waals surface area contributed by atoms with Gasteiger partial charge in [0, 0.05) is 24.5 Å². The molecule has 0 aliphatic carbocycles. The van der Waals surface area contributed by atoms with Crippen LogP contribution in [0.4, 0.5) is 11.4 Å². The van der Waals surface area contributed by atoms with Crippen LogP contribution in [0.3, 0.4) is 0 Å². The first-order chi connectivity index (χ1) is 12.1. The highest BCUT2D eigenvalue weighted by Gasteiger charge is 2.37. The Morgan fingerprint density at radius 3 is 2.48 bits per heavy atom. The van der Waals surface area contributed by atoms with E-state index in [4.69, 9.17) is 5.73 Å². The van der Waals surface area contributed by atoms with Crippen LogP contribution in [0.2, 0.25) is 0 Å². The minimum atomic E-state index is -0.383. The zero-order valence-corrected chi connectivity index (χ0v) is 14.4. The highest BCUT2D eigenvalue weighted by Crippen LogP contribution is 2.24. The molecule has 0 radical (unpaired) electrons. The lowest BCUT2D eigenvalue weighted by Gasteiger charge is -2.27. The van der Waals surface area contributed by atoms with E-state index >= 15 is 0 Å². The fourth-order valence-corrected chi connectivity index (χ4v) is 3.30. The summed E-state index contributed by atoms with van der Waals surface area (Å²) in [6.45, 7) is 3.07. The van der Waals surface area contributed by atoms with Crippen LogP contribution in [0.1, 0.15) is 18.9 Å². The number of carbonyl (C=O) groups is 2. The van der Waals surface area contributed by atoms with Crippen molar-refractivity contribution < 1.29 is 9.59 Å². The van der Waals surface area contributed by atoms with Crippen LogP contribution in [-0.4, -0.2) is 35.8 Å². The van der Waals surface area contributed by atoms with E-state index in [1.807, 2.05) is 49.4 Å². The molecule has 5 nitrogen and oxygen atoms in total. The second-order valence-electron chi connectivity index (χ2n) is 6.23. The number of carbonyl (C=O) groups excluding carboxylic acids is 2. The third-order valence-corrected chi connectivity index (χ3v) is 4.62. The first-order valence-electron chi connectivity index (χ1n) is 8.60. The van der Waals surface area contributed by atoms with Crippen LogP contribution in [0.5, 0.6) is 0 Å². The van der Waals surface area contributed by atoms with Crippen LogP contribution >= 0.6 is 0 Å². The van der Waals surface area contributed by atoms with Crippen molar-refractivity contribution in [2.24, 2.45) is 0 Å². The van der Waals surface area contributed by atoms with E-state index in [0.717, 1.165) is 11.3 Å². The van der Waals surface area contributed by atoms with Gasteiger partial charge in [0.15, 0.2) is 0 Å². The summed E-state index contributed by atoms with van der Waals surface area (Å²) >= 11 is 0. The van der Waals surface area contributed by atoms with Gasteiger partial charge < -0.3 is 15.5 Å². The van der Waals surface area contributed by atoms with E-state index in [1.54, 1.807) is 21.9 Å². The maximum atomic E-state index is 12.8. The molecule has 0 spiro atoms. The van der Waals surface area contributed by atoms with Gasteiger partial charge in [0.05, 0.1) is 6.42 Å². The molecule has 2 aromatic carbocycles. The Labute approximate surface area is 148 Å². The average molecular weight is 337 g/mol. The Hall–Kier alpha value is -2.82. The van der Waals surface area contributed by atoms with Crippen LogP contribution < -0.4 is 10.6 Å². The van der Waals surface area contributed by atoms with Crippen LogP contribution in [0.25, 0.3) is 0 Å². The summed E-state index contributed by atoms with van der Waals surface area (Å²) in [7, 11) is 0. The topological polar surface area (TPSA) is 66.6 Å².